The van der Waals surface area contributed by atoms with Crippen LogP contribution >= 0.6 is 0 Å². The summed E-state index contributed by atoms with van der Waals surface area (Å²) in [6, 6.07) is 21.6. The fourth-order valence-corrected chi connectivity index (χ4v) is 7.76. The smallest absolute Gasteiger partial charge is 0.242 e. The molecule has 1 heterocycles. The topological polar surface area (TPSA) is 172 Å². The van der Waals surface area contributed by atoms with Crippen LogP contribution in [0.1, 0.15) is 71.9 Å². The number of Topliss-reactive ketones (excluding diaryl/α,β-unsaturated/α-hetero) is 3. The monoisotopic (exact) mass is 739 g/mol. The third kappa shape index (κ3) is 9.86. The number of hydrogen-bond donors (Lipinski definition) is 4. The van der Waals surface area contributed by atoms with Gasteiger partial charge in [-0.3, -0.25) is 34.4 Å². The highest BCUT2D eigenvalue weighted by molar-refractivity contribution is 6.16. The molecule has 11 heteroatoms. The van der Waals surface area contributed by atoms with Gasteiger partial charge in [0.25, 0.3) is 0 Å². The van der Waals surface area contributed by atoms with Crippen molar-refractivity contribution in [3.8, 4) is 0 Å². The molecule has 290 valence electrons. The van der Waals surface area contributed by atoms with E-state index in [1.165, 1.54) is 11.2 Å². The molecule has 1 aliphatic carbocycles. The van der Waals surface area contributed by atoms with Crippen LogP contribution in [0.3, 0.4) is 0 Å². The molecule has 54 heavy (non-hydrogen) atoms. The van der Waals surface area contributed by atoms with E-state index >= 15 is 9.59 Å². The highest BCUT2D eigenvalue weighted by Gasteiger charge is 2.63. The van der Waals surface area contributed by atoms with E-state index in [1.54, 1.807) is 32.0 Å². The van der Waals surface area contributed by atoms with Gasteiger partial charge in [-0.05, 0) is 53.9 Å². The minimum Gasteiger partial charge on any atom is -0.390 e. The Labute approximate surface area is 319 Å². The van der Waals surface area contributed by atoms with Crippen LogP contribution < -0.4 is 21.5 Å². The van der Waals surface area contributed by atoms with Crippen molar-refractivity contribution in [2.75, 3.05) is 11.6 Å². The standard InChI is InChI=1S/C43H57N5O6/c1-7-29(6)39(44)42(54)46-33(22-27(2)3)40(52)38-34(49)25-32(23-30-16-10-8-11-17-30)41(53)43(38,28(4)5)35(50)26-48(36-20-14-15-21-45-36)47-37(51)24-31-18-12-9-13-19-31/h8-21,27-29,32-33,38-40,52H,7,22-26,44H2,1-6H3,(H,46,54)(H,47,51)/t29-,32?,33-,38?,39-,40+,43-/m0/s1. The molecule has 0 aliphatic heterocycles. The number of aromatic nitrogens is 1. The van der Waals surface area contributed by atoms with Crippen molar-refractivity contribution in [1.82, 2.24) is 15.7 Å². The fraction of sp³-hybridized carbons (Fsp3) is 0.488. The van der Waals surface area contributed by atoms with Gasteiger partial charge in [0.2, 0.25) is 11.8 Å². The molecular weight excluding hydrogens is 683 g/mol. The summed E-state index contributed by atoms with van der Waals surface area (Å²) >= 11 is 0. The SMILES string of the molecule is CC[C@H](C)[C@H](N)C(=O)N[C@@H](CC(C)C)[C@@H](O)C1C(=O)CC(Cc2ccccc2)C(=O)[C@]1(C(=O)CN(NC(=O)Cc1ccccc1)c1ccccn1)C(C)C. The van der Waals surface area contributed by atoms with Crippen LogP contribution in [0.25, 0.3) is 0 Å². The highest BCUT2D eigenvalue weighted by atomic mass is 16.3. The Hall–Kier alpha value is -4.74. The number of carbonyl (C=O) groups excluding carboxylic acids is 5. The van der Waals surface area contributed by atoms with Gasteiger partial charge in [0.1, 0.15) is 23.6 Å². The van der Waals surface area contributed by atoms with Gasteiger partial charge < -0.3 is 16.2 Å². The van der Waals surface area contributed by atoms with Crippen LogP contribution in [-0.4, -0.2) is 64.0 Å². The average Bonchev–Trinajstić information content (AvgIpc) is 3.15. The number of amides is 2. The number of aliphatic hydroxyl groups is 1. The molecule has 1 aliphatic rings. The highest BCUT2D eigenvalue weighted by Crippen LogP contribution is 2.49. The summed E-state index contributed by atoms with van der Waals surface area (Å²) in [4.78, 5) is 76.3. The number of ketones is 3. The lowest BCUT2D eigenvalue weighted by Gasteiger charge is -2.49. The Morgan fingerprint density at radius 1 is 0.926 bits per heavy atom. The lowest BCUT2D eigenvalue weighted by Crippen LogP contribution is -2.66. The Bertz CT molecular complexity index is 1720. The summed E-state index contributed by atoms with van der Waals surface area (Å²) in [5, 5.41) is 16.6. The van der Waals surface area contributed by atoms with Crippen molar-refractivity contribution in [3.63, 3.8) is 0 Å². The Kier molecular flexibility index (Phi) is 14.8. The zero-order chi connectivity index (χ0) is 39.6. The number of hydrazine groups is 1. The summed E-state index contributed by atoms with van der Waals surface area (Å²) < 4.78 is 0. The van der Waals surface area contributed by atoms with E-state index in [4.69, 9.17) is 5.73 Å². The number of hydrogen-bond acceptors (Lipinski definition) is 9. The zero-order valence-electron chi connectivity index (χ0n) is 32.4. The number of anilines is 1. The van der Waals surface area contributed by atoms with Crippen LogP contribution in [-0.2, 0) is 36.8 Å². The number of nitrogens with two attached hydrogens (primary N) is 1. The molecule has 0 spiro atoms. The molecule has 7 atom stereocenters. The molecule has 0 radical (unpaired) electrons. The predicted octanol–water partition coefficient (Wildman–Crippen LogP) is 4.66. The lowest BCUT2D eigenvalue weighted by molar-refractivity contribution is -0.168. The first kappa shape index (κ1) is 42.0. The molecule has 1 aromatic heterocycles. The Morgan fingerprint density at radius 2 is 1.54 bits per heavy atom. The third-order valence-corrected chi connectivity index (χ3v) is 10.8. The van der Waals surface area contributed by atoms with Crippen molar-refractivity contribution < 1.29 is 29.1 Å². The van der Waals surface area contributed by atoms with Gasteiger partial charge in [0.05, 0.1) is 30.5 Å². The van der Waals surface area contributed by atoms with Crippen LogP contribution in [0.5, 0.6) is 0 Å². The van der Waals surface area contributed by atoms with Crippen molar-refractivity contribution in [1.29, 1.82) is 0 Å². The zero-order valence-corrected chi connectivity index (χ0v) is 32.4. The van der Waals surface area contributed by atoms with Crippen LogP contribution in [0.4, 0.5) is 5.82 Å². The molecule has 2 amide bonds. The molecule has 0 bridgehead atoms. The maximum absolute atomic E-state index is 15.2. The van der Waals surface area contributed by atoms with Crippen molar-refractivity contribution in [2.24, 2.45) is 40.7 Å². The number of pyridine rings is 1. The quantitative estimate of drug-likeness (QED) is 0.107. The lowest BCUT2D eigenvalue weighted by atomic mass is 9.52. The average molecular weight is 740 g/mol. The van der Waals surface area contributed by atoms with E-state index in [9.17, 15) is 19.5 Å². The third-order valence-electron chi connectivity index (χ3n) is 10.8. The van der Waals surface area contributed by atoms with Crippen molar-refractivity contribution in [2.45, 2.75) is 91.8 Å². The van der Waals surface area contributed by atoms with E-state index in [0.29, 0.717) is 6.42 Å². The molecule has 2 aromatic carbocycles. The minimum atomic E-state index is -2.02. The molecule has 1 saturated carbocycles. The molecule has 3 aromatic rings. The van der Waals surface area contributed by atoms with Crippen molar-refractivity contribution >= 4 is 35.0 Å². The normalized spacial score (nSPS) is 20.9. The Balaban J connectivity index is 1.81. The molecule has 0 saturated heterocycles. The van der Waals surface area contributed by atoms with E-state index in [1.807, 2.05) is 88.4 Å². The first-order valence-electron chi connectivity index (χ1n) is 19.1. The molecule has 11 nitrogen and oxygen atoms in total. The largest absolute Gasteiger partial charge is 0.390 e. The Morgan fingerprint density at radius 3 is 2.09 bits per heavy atom. The number of aliphatic hydroxyl groups excluding tert-OH is 1. The predicted molar refractivity (Wildman–Crippen MR) is 209 cm³/mol. The summed E-state index contributed by atoms with van der Waals surface area (Å²) in [5.41, 5.74) is 8.68. The second kappa shape index (κ2) is 19.0. The van der Waals surface area contributed by atoms with E-state index in [-0.39, 0.29) is 43.3 Å². The van der Waals surface area contributed by atoms with E-state index in [0.717, 1.165) is 11.1 Å². The van der Waals surface area contributed by atoms with Gasteiger partial charge in [0, 0.05) is 18.5 Å². The molecule has 5 N–H and O–H groups in total. The molecule has 1 fully saturated rings. The number of nitrogens with one attached hydrogen (secondary N) is 2. The molecule has 2 unspecified atom stereocenters. The molecule has 4 rings (SSSR count). The maximum Gasteiger partial charge on any atom is 0.242 e. The second-order valence-corrected chi connectivity index (χ2v) is 15.5. The van der Waals surface area contributed by atoms with Crippen molar-refractivity contribution in [3.05, 3.63) is 96.2 Å². The van der Waals surface area contributed by atoms with Gasteiger partial charge in [0.15, 0.2) is 11.6 Å². The summed E-state index contributed by atoms with van der Waals surface area (Å²) in [6.07, 6.45) is 0.911. The van der Waals surface area contributed by atoms with Crippen LogP contribution in [0.2, 0.25) is 0 Å². The first-order valence-corrected chi connectivity index (χ1v) is 19.1. The van der Waals surface area contributed by atoms with Gasteiger partial charge in [-0.1, -0.05) is 115 Å². The molecular formula is C43H57N5O6. The summed E-state index contributed by atoms with van der Waals surface area (Å²) in [6.45, 7) is 10.5. The van der Waals surface area contributed by atoms with Gasteiger partial charge >= 0.3 is 0 Å². The minimum absolute atomic E-state index is 0.0148. The van der Waals surface area contributed by atoms with E-state index in [2.05, 4.69) is 15.7 Å². The second-order valence-electron chi connectivity index (χ2n) is 15.5. The van der Waals surface area contributed by atoms with Gasteiger partial charge in [-0.25, -0.2) is 4.98 Å². The number of rotatable bonds is 18. The maximum atomic E-state index is 15.2. The summed E-state index contributed by atoms with van der Waals surface area (Å²) in [5.74, 6) is -5.44. The first-order chi connectivity index (χ1) is 25.7. The van der Waals surface area contributed by atoms with Gasteiger partial charge in [-0.2, -0.15) is 0 Å². The van der Waals surface area contributed by atoms with Crippen LogP contribution in [0.15, 0.2) is 85.1 Å². The number of carbonyl (C=O) groups is 5. The van der Waals surface area contributed by atoms with Crippen LogP contribution in [0, 0.1) is 35.0 Å². The van der Waals surface area contributed by atoms with Gasteiger partial charge in [-0.15, -0.1) is 0 Å². The number of benzene rings is 2. The fourth-order valence-electron chi connectivity index (χ4n) is 7.76. The summed E-state index contributed by atoms with van der Waals surface area (Å²) in [7, 11) is 0. The van der Waals surface area contributed by atoms with E-state index < -0.39 is 77.1 Å². The number of nitrogens with zero attached hydrogens (tertiary/aromatic N) is 2.